The van der Waals surface area contributed by atoms with E-state index in [2.05, 4.69) is 20.5 Å². The zero-order chi connectivity index (χ0) is 12.3. The maximum Gasteiger partial charge on any atom is 0.269 e. The molecule has 0 saturated carbocycles. The summed E-state index contributed by atoms with van der Waals surface area (Å²) in [6, 6.07) is 1.43. The van der Waals surface area contributed by atoms with Crippen molar-refractivity contribution in [2.45, 2.75) is 19.4 Å². The van der Waals surface area contributed by atoms with Gasteiger partial charge in [0.1, 0.15) is 16.5 Å². The van der Waals surface area contributed by atoms with Gasteiger partial charge in [-0.3, -0.25) is 9.89 Å². The van der Waals surface area contributed by atoms with Crippen molar-refractivity contribution in [3.63, 3.8) is 0 Å². The topological polar surface area (TPSA) is 96.7 Å². The molecule has 0 aliphatic rings. The van der Waals surface area contributed by atoms with Crippen LogP contribution in [0.3, 0.4) is 0 Å². The lowest BCUT2D eigenvalue weighted by atomic mass is 10.2. The Morgan fingerprint density at radius 1 is 1.71 bits per heavy atom. The number of rotatable bonds is 4. The van der Waals surface area contributed by atoms with Crippen molar-refractivity contribution in [1.82, 2.24) is 20.5 Å². The summed E-state index contributed by atoms with van der Waals surface area (Å²) in [7, 11) is 0. The zero-order valence-electron chi connectivity index (χ0n) is 9.30. The van der Waals surface area contributed by atoms with Crippen molar-refractivity contribution in [2.24, 2.45) is 0 Å². The number of aromatic amines is 1. The number of nitrogens with two attached hydrogens (primary N) is 1. The summed E-state index contributed by atoms with van der Waals surface area (Å²) in [4.78, 5) is 16.1. The number of carbonyl (C=O) groups is 1. The van der Waals surface area contributed by atoms with Gasteiger partial charge in [-0.05, 0) is 6.42 Å². The fraction of sp³-hybridized carbons (Fsp3) is 0.300. The maximum atomic E-state index is 11.9. The van der Waals surface area contributed by atoms with Crippen molar-refractivity contribution >= 4 is 23.1 Å². The molecule has 0 saturated heterocycles. The van der Waals surface area contributed by atoms with Gasteiger partial charge in [-0.15, -0.1) is 11.3 Å². The highest BCUT2D eigenvalue weighted by atomic mass is 32.1. The number of anilines is 1. The number of thiazole rings is 1. The van der Waals surface area contributed by atoms with Gasteiger partial charge in [0.2, 0.25) is 0 Å². The fourth-order valence-corrected chi connectivity index (χ4v) is 2.21. The number of H-pyrrole nitrogens is 1. The Morgan fingerprint density at radius 2 is 2.53 bits per heavy atom. The molecule has 0 aliphatic carbocycles. The Bertz CT molecular complexity index is 493. The number of hydrogen-bond donors (Lipinski definition) is 3. The molecule has 1 unspecified atom stereocenters. The SMILES string of the molecule is CCC(NC(=O)c1cc(N)n[nH]1)c1nccs1. The van der Waals surface area contributed by atoms with Gasteiger partial charge >= 0.3 is 0 Å². The first kappa shape index (κ1) is 11.6. The Morgan fingerprint density at radius 3 is 3.06 bits per heavy atom. The molecule has 0 spiro atoms. The molecule has 0 radical (unpaired) electrons. The number of aromatic nitrogens is 3. The highest BCUT2D eigenvalue weighted by Crippen LogP contribution is 2.19. The van der Waals surface area contributed by atoms with Crippen LogP contribution in [-0.2, 0) is 0 Å². The van der Waals surface area contributed by atoms with Crippen molar-refractivity contribution in [2.75, 3.05) is 5.73 Å². The number of nitrogens with one attached hydrogen (secondary N) is 2. The second kappa shape index (κ2) is 4.96. The lowest BCUT2D eigenvalue weighted by Gasteiger charge is -2.13. The molecule has 7 heteroatoms. The smallest absolute Gasteiger partial charge is 0.269 e. The first-order valence-corrected chi connectivity index (χ1v) is 6.09. The van der Waals surface area contributed by atoms with Crippen LogP contribution in [0, 0.1) is 0 Å². The number of amides is 1. The lowest BCUT2D eigenvalue weighted by Crippen LogP contribution is -2.28. The van der Waals surface area contributed by atoms with E-state index in [1.165, 1.54) is 17.4 Å². The summed E-state index contributed by atoms with van der Waals surface area (Å²) in [6.45, 7) is 1.99. The number of hydrogen-bond acceptors (Lipinski definition) is 5. The Labute approximate surface area is 102 Å². The second-order valence-corrected chi connectivity index (χ2v) is 4.44. The van der Waals surface area contributed by atoms with Crippen molar-refractivity contribution in [3.8, 4) is 0 Å². The second-order valence-electron chi connectivity index (χ2n) is 3.51. The van der Waals surface area contributed by atoms with E-state index < -0.39 is 0 Å². The van der Waals surface area contributed by atoms with E-state index in [4.69, 9.17) is 5.73 Å². The van der Waals surface area contributed by atoms with Gasteiger partial charge in [-0.1, -0.05) is 6.92 Å². The molecular weight excluding hydrogens is 238 g/mol. The first-order valence-electron chi connectivity index (χ1n) is 5.22. The average Bonchev–Trinajstić information content (AvgIpc) is 2.96. The van der Waals surface area contributed by atoms with Gasteiger partial charge in [0.25, 0.3) is 5.91 Å². The minimum Gasteiger partial charge on any atom is -0.382 e. The van der Waals surface area contributed by atoms with Crippen LogP contribution >= 0.6 is 11.3 Å². The standard InChI is InChI=1S/C10H13N5OS/c1-2-6(10-12-3-4-17-10)13-9(16)7-5-8(11)15-14-7/h3-6H,2H2,1H3,(H,13,16)(H3,11,14,15). The third-order valence-corrected chi connectivity index (χ3v) is 3.19. The van der Waals surface area contributed by atoms with Crippen LogP contribution in [0.5, 0.6) is 0 Å². The molecule has 90 valence electrons. The quantitative estimate of drug-likeness (QED) is 0.763. The van der Waals surface area contributed by atoms with Crippen molar-refractivity contribution in [1.29, 1.82) is 0 Å². The average molecular weight is 251 g/mol. The summed E-state index contributed by atoms with van der Waals surface area (Å²) in [5.74, 6) is 0.0775. The molecule has 0 fully saturated rings. The minimum atomic E-state index is -0.226. The van der Waals surface area contributed by atoms with E-state index in [-0.39, 0.29) is 11.9 Å². The number of nitrogens with zero attached hydrogens (tertiary/aromatic N) is 2. The Hall–Kier alpha value is -1.89. The molecule has 4 N–H and O–H groups in total. The van der Waals surface area contributed by atoms with Gasteiger partial charge in [-0.25, -0.2) is 4.98 Å². The molecule has 0 aliphatic heterocycles. The van der Waals surface area contributed by atoms with Crippen molar-refractivity contribution in [3.05, 3.63) is 28.3 Å². The molecular formula is C10H13N5OS. The normalized spacial score (nSPS) is 12.3. The minimum absolute atomic E-state index is 0.0768. The Balaban J connectivity index is 2.07. The van der Waals surface area contributed by atoms with E-state index in [0.29, 0.717) is 11.5 Å². The molecule has 17 heavy (non-hydrogen) atoms. The highest BCUT2D eigenvalue weighted by Gasteiger charge is 2.17. The largest absolute Gasteiger partial charge is 0.382 e. The molecule has 1 atom stereocenters. The van der Waals surface area contributed by atoms with Crippen LogP contribution in [0.1, 0.15) is 34.9 Å². The predicted molar refractivity (Wildman–Crippen MR) is 65.6 cm³/mol. The molecule has 2 aromatic heterocycles. The van der Waals surface area contributed by atoms with Crippen LogP contribution in [0.4, 0.5) is 5.82 Å². The van der Waals surface area contributed by atoms with Crippen LogP contribution in [0.25, 0.3) is 0 Å². The summed E-state index contributed by atoms with van der Waals surface area (Å²) in [5.41, 5.74) is 5.80. The molecule has 0 bridgehead atoms. The summed E-state index contributed by atoms with van der Waals surface area (Å²) >= 11 is 1.52. The van der Waals surface area contributed by atoms with Gasteiger partial charge in [0.15, 0.2) is 0 Å². The third kappa shape index (κ3) is 2.62. The highest BCUT2D eigenvalue weighted by molar-refractivity contribution is 7.09. The molecule has 1 amide bonds. The van der Waals surface area contributed by atoms with Crippen LogP contribution in [-0.4, -0.2) is 21.1 Å². The Kier molecular flexibility index (Phi) is 3.38. The predicted octanol–water partition coefficient (Wildman–Crippen LogP) is 1.33. The van der Waals surface area contributed by atoms with E-state index in [9.17, 15) is 4.79 Å². The molecule has 2 heterocycles. The van der Waals surface area contributed by atoms with Gasteiger partial charge in [-0.2, -0.15) is 5.10 Å². The van der Waals surface area contributed by atoms with Crippen LogP contribution in [0.2, 0.25) is 0 Å². The van der Waals surface area contributed by atoms with Gasteiger partial charge in [0, 0.05) is 17.6 Å². The summed E-state index contributed by atoms with van der Waals surface area (Å²) < 4.78 is 0. The van der Waals surface area contributed by atoms with Gasteiger partial charge < -0.3 is 11.1 Å². The number of nitrogen functional groups attached to an aromatic ring is 1. The molecule has 2 rings (SSSR count). The summed E-state index contributed by atoms with van der Waals surface area (Å²) in [5, 5.41) is 12.0. The monoisotopic (exact) mass is 251 g/mol. The van der Waals surface area contributed by atoms with Crippen LogP contribution in [0.15, 0.2) is 17.6 Å². The first-order chi connectivity index (χ1) is 8.20. The maximum absolute atomic E-state index is 11.9. The van der Waals surface area contributed by atoms with Crippen molar-refractivity contribution < 1.29 is 4.79 Å². The third-order valence-electron chi connectivity index (χ3n) is 2.31. The molecule has 0 aromatic carbocycles. The number of carbonyl (C=O) groups excluding carboxylic acids is 1. The van der Waals surface area contributed by atoms with E-state index >= 15 is 0 Å². The zero-order valence-corrected chi connectivity index (χ0v) is 10.1. The molecule has 2 aromatic rings. The molecule has 6 nitrogen and oxygen atoms in total. The van der Waals surface area contributed by atoms with Crippen LogP contribution < -0.4 is 11.1 Å². The van der Waals surface area contributed by atoms with E-state index in [1.807, 2.05) is 12.3 Å². The summed E-state index contributed by atoms with van der Waals surface area (Å²) in [6.07, 6.45) is 2.51. The van der Waals surface area contributed by atoms with E-state index in [1.54, 1.807) is 6.20 Å². The van der Waals surface area contributed by atoms with E-state index in [0.717, 1.165) is 11.4 Å². The lowest BCUT2D eigenvalue weighted by molar-refractivity contribution is 0.0930. The fourth-order valence-electron chi connectivity index (χ4n) is 1.43. The van der Waals surface area contributed by atoms with Gasteiger partial charge in [0.05, 0.1) is 6.04 Å².